The standard InChI is InChI=1S/C15H20N4O/c1-15(2,20)11-18-8-9-19-13(10-18)16-17-14(19)12-6-4-3-5-7-12/h3-7,20H,8-11H2,1-2H3. The number of benzene rings is 1. The number of fused-ring (bicyclic) bond motifs is 1. The highest BCUT2D eigenvalue weighted by Crippen LogP contribution is 2.22. The van der Waals surface area contributed by atoms with Crippen molar-refractivity contribution in [3.8, 4) is 11.4 Å². The van der Waals surface area contributed by atoms with Crippen LogP contribution in [0.25, 0.3) is 11.4 Å². The molecule has 2 aromatic rings. The average molecular weight is 272 g/mol. The molecule has 0 saturated heterocycles. The molecule has 5 heteroatoms. The highest BCUT2D eigenvalue weighted by molar-refractivity contribution is 5.55. The van der Waals surface area contributed by atoms with Crippen LogP contribution in [0.5, 0.6) is 0 Å². The lowest BCUT2D eigenvalue weighted by Gasteiger charge is -2.32. The Morgan fingerprint density at radius 3 is 2.60 bits per heavy atom. The lowest BCUT2D eigenvalue weighted by molar-refractivity contribution is 0.0269. The summed E-state index contributed by atoms with van der Waals surface area (Å²) in [6, 6.07) is 10.1. The molecular weight excluding hydrogens is 252 g/mol. The van der Waals surface area contributed by atoms with Crippen molar-refractivity contribution in [2.75, 3.05) is 13.1 Å². The Morgan fingerprint density at radius 1 is 1.15 bits per heavy atom. The predicted octanol–water partition coefficient (Wildman–Crippen LogP) is 1.53. The number of hydrogen-bond donors (Lipinski definition) is 1. The maximum Gasteiger partial charge on any atom is 0.164 e. The van der Waals surface area contributed by atoms with Crippen molar-refractivity contribution in [3.05, 3.63) is 36.2 Å². The molecule has 1 aliphatic heterocycles. The molecule has 20 heavy (non-hydrogen) atoms. The fraction of sp³-hybridized carbons (Fsp3) is 0.467. The Labute approximate surface area is 118 Å². The second kappa shape index (κ2) is 5.00. The Balaban J connectivity index is 1.82. The number of aromatic nitrogens is 3. The maximum absolute atomic E-state index is 9.92. The van der Waals surface area contributed by atoms with Gasteiger partial charge < -0.3 is 9.67 Å². The van der Waals surface area contributed by atoms with Gasteiger partial charge >= 0.3 is 0 Å². The lowest BCUT2D eigenvalue weighted by Crippen LogP contribution is -2.42. The Morgan fingerprint density at radius 2 is 1.90 bits per heavy atom. The second-order valence-electron chi connectivity index (χ2n) is 5.98. The molecule has 3 rings (SSSR count). The van der Waals surface area contributed by atoms with E-state index >= 15 is 0 Å². The molecule has 0 radical (unpaired) electrons. The van der Waals surface area contributed by atoms with E-state index < -0.39 is 5.60 Å². The molecule has 0 fully saturated rings. The first-order chi connectivity index (χ1) is 9.53. The normalized spacial score (nSPS) is 16.1. The molecule has 0 unspecified atom stereocenters. The number of nitrogens with zero attached hydrogens (tertiary/aromatic N) is 4. The molecule has 1 aliphatic rings. The molecule has 0 spiro atoms. The first-order valence-electron chi connectivity index (χ1n) is 6.95. The molecule has 5 nitrogen and oxygen atoms in total. The highest BCUT2D eigenvalue weighted by atomic mass is 16.3. The van der Waals surface area contributed by atoms with Crippen LogP contribution >= 0.6 is 0 Å². The van der Waals surface area contributed by atoms with Crippen LogP contribution in [0.15, 0.2) is 30.3 Å². The van der Waals surface area contributed by atoms with Gasteiger partial charge in [-0.15, -0.1) is 10.2 Å². The first-order valence-corrected chi connectivity index (χ1v) is 6.95. The fourth-order valence-electron chi connectivity index (χ4n) is 2.69. The maximum atomic E-state index is 9.92. The summed E-state index contributed by atoms with van der Waals surface area (Å²) in [6.07, 6.45) is 0. The first kappa shape index (κ1) is 13.3. The number of β-amino-alcohol motifs (C(OH)–C–C–N with tert-alkyl or cyclic N) is 1. The Hall–Kier alpha value is -1.72. The zero-order valence-corrected chi connectivity index (χ0v) is 12.0. The van der Waals surface area contributed by atoms with E-state index in [1.54, 1.807) is 0 Å². The van der Waals surface area contributed by atoms with Gasteiger partial charge in [0.15, 0.2) is 5.82 Å². The van der Waals surface area contributed by atoms with Crippen molar-refractivity contribution in [1.82, 2.24) is 19.7 Å². The van der Waals surface area contributed by atoms with Crippen molar-refractivity contribution in [2.24, 2.45) is 0 Å². The third kappa shape index (κ3) is 2.73. The van der Waals surface area contributed by atoms with Gasteiger partial charge in [0.2, 0.25) is 0 Å². The smallest absolute Gasteiger partial charge is 0.164 e. The highest BCUT2D eigenvalue weighted by Gasteiger charge is 2.25. The van der Waals surface area contributed by atoms with E-state index in [4.69, 9.17) is 0 Å². The minimum Gasteiger partial charge on any atom is -0.389 e. The molecule has 1 aromatic heterocycles. The molecule has 2 heterocycles. The van der Waals surface area contributed by atoms with Gasteiger partial charge in [-0.3, -0.25) is 4.90 Å². The van der Waals surface area contributed by atoms with Gasteiger partial charge in [-0.25, -0.2) is 0 Å². The van der Waals surface area contributed by atoms with Gasteiger partial charge in [-0.2, -0.15) is 0 Å². The SMILES string of the molecule is CC(C)(O)CN1CCn2c(nnc2-c2ccccc2)C1. The fourth-order valence-corrected chi connectivity index (χ4v) is 2.69. The molecule has 0 aliphatic carbocycles. The third-order valence-electron chi connectivity index (χ3n) is 3.47. The van der Waals surface area contributed by atoms with Gasteiger partial charge in [0, 0.05) is 25.2 Å². The Kier molecular flexibility index (Phi) is 3.31. The van der Waals surface area contributed by atoms with Crippen molar-refractivity contribution in [3.63, 3.8) is 0 Å². The molecule has 1 N–H and O–H groups in total. The van der Waals surface area contributed by atoms with E-state index in [2.05, 4.69) is 31.8 Å². The molecule has 0 amide bonds. The third-order valence-corrected chi connectivity index (χ3v) is 3.47. The van der Waals surface area contributed by atoms with Gasteiger partial charge in [-0.1, -0.05) is 30.3 Å². The monoisotopic (exact) mass is 272 g/mol. The zero-order valence-electron chi connectivity index (χ0n) is 12.0. The van der Waals surface area contributed by atoms with Crippen LogP contribution in [0.3, 0.4) is 0 Å². The predicted molar refractivity (Wildman–Crippen MR) is 77.0 cm³/mol. The van der Waals surface area contributed by atoms with Crippen LogP contribution in [0.1, 0.15) is 19.7 Å². The number of hydrogen-bond acceptors (Lipinski definition) is 4. The number of aliphatic hydroxyl groups is 1. The summed E-state index contributed by atoms with van der Waals surface area (Å²) in [4.78, 5) is 2.22. The Bertz CT molecular complexity index is 586. The van der Waals surface area contributed by atoms with Crippen molar-refractivity contribution in [1.29, 1.82) is 0 Å². The van der Waals surface area contributed by atoms with Crippen LogP contribution in [-0.2, 0) is 13.1 Å². The average Bonchev–Trinajstić information content (AvgIpc) is 2.81. The summed E-state index contributed by atoms with van der Waals surface area (Å²) in [5.74, 6) is 1.91. The van der Waals surface area contributed by atoms with E-state index in [0.29, 0.717) is 6.54 Å². The van der Waals surface area contributed by atoms with Crippen LogP contribution < -0.4 is 0 Å². The van der Waals surface area contributed by atoms with Crippen LogP contribution in [-0.4, -0.2) is 43.5 Å². The van der Waals surface area contributed by atoms with Crippen molar-refractivity contribution in [2.45, 2.75) is 32.5 Å². The van der Waals surface area contributed by atoms with E-state index in [-0.39, 0.29) is 0 Å². The van der Waals surface area contributed by atoms with Crippen molar-refractivity contribution >= 4 is 0 Å². The van der Waals surface area contributed by atoms with E-state index in [1.807, 2.05) is 32.0 Å². The van der Waals surface area contributed by atoms with E-state index in [9.17, 15) is 5.11 Å². The summed E-state index contributed by atoms with van der Waals surface area (Å²) in [5.41, 5.74) is 0.423. The molecule has 1 aromatic carbocycles. The summed E-state index contributed by atoms with van der Waals surface area (Å²) < 4.78 is 2.18. The zero-order chi connectivity index (χ0) is 14.2. The van der Waals surface area contributed by atoms with Gasteiger partial charge in [0.25, 0.3) is 0 Å². The lowest BCUT2D eigenvalue weighted by atomic mass is 10.1. The summed E-state index contributed by atoms with van der Waals surface area (Å²) in [7, 11) is 0. The van der Waals surface area contributed by atoms with Gasteiger partial charge in [0.1, 0.15) is 5.82 Å². The number of rotatable bonds is 3. The van der Waals surface area contributed by atoms with Crippen molar-refractivity contribution < 1.29 is 5.11 Å². The van der Waals surface area contributed by atoms with E-state index in [0.717, 1.165) is 36.8 Å². The molecule has 0 bridgehead atoms. The summed E-state index contributed by atoms with van der Waals surface area (Å²) >= 11 is 0. The summed E-state index contributed by atoms with van der Waals surface area (Å²) in [6.45, 7) is 6.84. The molecular formula is C15H20N4O. The summed E-state index contributed by atoms with van der Waals surface area (Å²) in [5, 5.41) is 18.5. The van der Waals surface area contributed by atoms with Gasteiger partial charge in [-0.05, 0) is 13.8 Å². The topological polar surface area (TPSA) is 54.2 Å². The molecule has 0 atom stereocenters. The van der Waals surface area contributed by atoms with Gasteiger partial charge in [0.05, 0.1) is 12.1 Å². The quantitative estimate of drug-likeness (QED) is 0.920. The molecule has 0 saturated carbocycles. The minimum atomic E-state index is -0.676. The van der Waals surface area contributed by atoms with Crippen LogP contribution in [0.4, 0.5) is 0 Å². The van der Waals surface area contributed by atoms with Crippen LogP contribution in [0.2, 0.25) is 0 Å². The van der Waals surface area contributed by atoms with Crippen LogP contribution in [0, 0.1) is 0 Å². The van der Waals surface area contributed by atoms with E-state index in [1.165, 1.54) is 0 Å². The largest absolute Gasteiger partial charge is 0.389 e. The minimum absolute atomic E-state index is 0.653. The molecule has 106 valence electrons. The second-order valence-corrected chi connectivity index (χ2v) is 5.98.